The molecule has 1 aliphatic carbocycles. The Labute approximate surface area is 146 Å². The highest BCUT2D eigenvalue weighted by molar-refractivity contribution is 7.56. The van der Waals surface area contributed by atoms with Crippen molar-refractivity contribution in [2.45, 2.75) is 44.8 Å². The fraction of sp³-hybridized carbons (Fsp3) is 0.533. The van der Waals surface area contributed by atoms with E-state index in [4.69, 9.17) is 4.74 Å². The highest BCUT2D eigenvalue weighted by Crippen LogP contribution is 2.43. The zero-order valence-electron chi connectivity index (χ0n) is 14.0. The minimum Gasteiger partial charge on any atom is -0.461 e. The maximum atomic E-state index is 13.6. The molecule has 0 radical (unpaired) electrons. The van der Waals surface area contributed by atoms with Crippen LogP contribution in [-0.2, 0) is 14.1 Å². The Morgan fingerprint density at radius 1 is 1.04 bits per heavy atom. The molecule has 1 aromatic carbocycles. The second-order valence-electron chi connectivity index (χ2n) is 6.03. The van der Waals surface area contributed by atoms with Crippen LogP contribution in [0.4, 0.5) is 22.0 Å². The van der Waals surface area contributed by atoms with E-state index in [1.807, 2.05) is 0 Å². The van der Waals surface area contributed by atoms with Crippen LogP contribution in [0.25, 0.3) is 0 Å². The average Bonchev–Trinajstić information content (AvgIpc) is 3.07. The smallest absolute Gasteiger partial charge is 0.323 e. The number of benzene rings is 1. The first-order valence-corrected chi connectivity index (χ1v) is 9.87. The molecule has 0 bridgehead atoms. The molecule has 1 fully saturated rings. The summed E-state index contributed by atoms with van der Waals surface area (Å²) in [6, 6.07) is -1.19. The molecule has 0 amide bonds. The molecule has 1 aromatic rings. The van der Waals surface area contributed by atoms with Gasteiger partial charge in [0.15, 0.2) is 0 Å². The first-order valence-electron chi connectivity index (χ1n) is 7.80. The van der Waals surface area contributed by atoms with E-state index in [0.29, 0.717) is 12.8 Å². The Morgan fingerprint density at radius 2 is 1.50 bits per heavy atom. The van der Waals surface area contributed by atoms with E-state index in [9.17, 15) is 31.3 Å². The monoisotopic (exact) mass is 401 g/mol. The van der Waals surface area contributed by atoms with Gasteiger partial charge < -0.3 is 9.26 Å². The van der Waals surface area contributed by atoms with Gasteiger partial charge in [0.1, 0.15) is 12.1 Å². The third-order valence-electron chi connectivity index (χ3n) is 3.80. The third kappa shape index (κ3) is 4.54. The number of hydrogen-bond acceptors (Lipinski definition) is 4. The predicted octanol–water partition coefficient (Wildman–Crippen LogP) is 4.05. The largest absolute Gasteiger partial charge is 0.461 e. The number of halogens is 5. The molecule has 0 aliphatic heterocycles. The van der Waals surface area contributed by atoms with Crippen molar-refractivity contribution in [1.29, 1.82) is 0 Å². The standard InChI is InChI=1S/C15H17F5NO4P/c1-7(15(22)24-8-5-3-4-6-8)21-26(2,23)25-14-12(19)10(17)9(16)11(18)13(14)20/h7-8H,3-6H2,1-2H3,(H,21,23)/t7-,26-/m0/s1. The predicted molar refractivity (Wildman–Crippen MR) is 81.3 cm³/mol. The van der Waals surface area contributed by atoms with Gasteiger partial charge in [0.25, 0.3) is 0 Å². The number of carbonyl (C=O) groups excluding carboxylic acids is 1. The van der Waals surface area contributed by atoms with E-state index in [0.717, 1.165) is 19.5 Å². The number of nitrogens with one attached hydrogen (secondary N) is 1. The van der Waals surface area contributed by atoms with Gasteiger partial charge >= 0.3 is 13.5 Å². The summed E-state index contributed by atoms with van der Waals surface area (Å²) in [5, 5.41) is 2.17. The molecule has 1 saturated carbocycles. The highest BCUT2D eigenvalue weighted by atomic mass is 31.2. The van der Waals surface area contributed by atoms with Crippen molar-refractivity contribution < 1.29 is 40.6 Å². The van der Waals surface area contributed by atoms with Gasteiger partial charge in [0.05, 0.1) is 0 Å². The van der Waals surface area contributed by atoms with Crippen LogP contribution in [0.2, 0.25) is 0 Å². The van der Waals surface area contributed by atoms with E-state index in [1.54, 1.807) is 0 Å². The Balaban J connectivity index is 2.11. The molecule has 146 valence electrons. The third-order valence-corrected chi connectivity index (χ3v) is 5.19. The molecule has 0 saturated heterocycles. The van der Waals surface area contributed by atoms with Gasteiger partial charge in [0, 0.05) is 6.66 Å². The van der Waals surface area contributed by atoms with Gasteiger partial charge in [-0.3, -0.25) is 9.36 Å². The molecular weight excluding hydrogens is 384 g/mol. The van der Waals surface area contributed by atoms with E-state index in [2.05, 4.69) is 9.61 Å². The summed E-state index contributed by atoms with van der Waals surface area (Å²) in [7, 11) is -4.16. The molecule has 2 rings (SSSR count). The molecule has 0 aromatic heterocycles. The average molecular weight is 401 g/mol. The lowest BCUT2D eigenvalue weighted by Crippen LogP contribution is -2.36. The van der Waals surface area contributed by atoms with Gasteiger partial charge in [-0.1, -0.05) is 0 Å². The van der Waals surface area contributed by atoms with Gasteiger partial charge in [-0.15, -0.1) is 0 Å². The molecule has 0 spiro atoms. The number of rotatable bonds is 6. The Hall–Kier alpha value is -1.67. The fourth-order valence-corrected chi connectivity index (χ4v) is 3.91. The minimum absolute atomic E-state index is 0.265. The zero-order valence-corrected chi connectivity index (χ0v) is 14.8. The molecule has 5 nitrogen and oxygen atoms in total. The molecular formula is C15H17F5NO4P. The lowest BCUT2D eigenvalue weighted by atomic mass is 10.3. The van der Waals surface area contributed by atoms with E-state index in [1.165, 1.54) is 6.92 Å². The lowest BCUT2D eigenvalue weighted by molar-refractivity contribution is -0.150. The van der Waals surface area contributed by atoms with Crippen LogP contribution in [0, 0.1) is 29.1 Å². The second kappa shape index (κ2) is 7.92. The Kier molecular flexibility index (Phi) is 6.29. The quantitative estimate of drug-likeness (QED) is 0.256. The molecule has 1 N–H and O–H groups in total. The maximum absolute atomic E-state index is 13.6. The van der Waals surface area contributed by atoms with Crippen LogP contribution in [0.15, 0.2) is 0 Å². The molecule has 0 unspecified atom stereocenters. The van der Waals surface area contributed by atoms with Crippen LogP contribution < -0.4 is 9.61 Å². The van der Waals surface area contributed by atoms with E-state index < -0.39 is 54.4 Å². The van der Waals surface area contributed by atoms with Gasteiger partial charge in [-0.25, -0.2) is 18.3 Å². The van der Waals surface area contributed by atoms with Gasteiger partial charge in [0.2, 0.25) is 34.8 Å². The molecule has 11 heteroatoms. The van der Waals surface area contributed by atoms with Crippen molar-refractivity contribution in [3.05, 3.63) is 29.1 Å². The van der Waals surface area contributed by atoms with Crippen molar-refractivity contribution in [2.75, 3.05) is 6.66 Å². The first kappa shape index (κ1) is 20.6. The molecule has 0 heterocycles. The van der Waals surface area contributed by atoms with E-state index >= 15 is 0 Å². The Morgan fingerprint density at radius 3 is 2.00 bits per heavy atom. The summed E-state index contributed by atoms with van der Waals surface area (Å²) in [5.74, 6) is -13.8. The zero-order chi connectivity index (χ0) is 19.6. The van der Waals surface area contributed by atoms with Crippen molar-refractivity contribution in [3.8, 4) is 5.75 Å². The van der Waals surface area contributed by atoms with Crippen LogP contribution in [-0.4, -0.2) is 24.8 Å². The van der Waals surface area contributed by atoms with Crippen LogP contribution in [0.3, 0.4) is 0 Å². The molecule has 26 heavy (non-hydrogen) atoms. The number of hydrogen-bond donors (Lipinski definition) is 1. The summed E-state index contributed by atoms with van der Waals surface area (Å²) in [6.07, 6.45) is 2.95. The van der Waals surface area contributed by atoms with E-state index in [-0.39, 0.29) is 6.10 Å². The van der Waals surface area contributed by atoms with Crippen LogP contribution in [0.5, 0.6) is 5.75 Å². The summed E-state index contributed by atoms with van der Waals surface area (Å²) in [6.45, 7) is 2.11. The van der Waals surface area contributed by atoms with Crippen LogP contribution in [0.1, 0.15) is 32.6 Å². The highest BCUT2D eigenvalue weighted by Gasteiger charge is 2.33. The Bertz CT molecular complexity index is 725. The number of carbonyl (C=O) groups is 1. The summed E-state index contributed by atoms with van der Waals surface area (Å²) < 4.78 is 88.6. The normalized spacial score (nSPS) is 18.4. The first-order chi connectivity index (χ1) is 12.0. The van der Waals surface area contributed by atoms with Gasteiger partial charge in [-0.2, -0.15) is 8.78 Å². The maximum Gasteiger partial charge on any atom is 0.323 e. The van der Waals surface area contributed by atoms with Crippen LogP contribution >= 0.6 is 7.52 Å². The van der Waals surface area contributed by atoms with Crippen molar-refractivity contribution in [1.82, 2.24) is 5.09 Å². The van der Waals surface area contributed by atoms with Crippen molar-refractivity contribution in [2.24, 2.45) is 0 Å². The topological polar surface area (TPSA) is 64.6 Å². The second-order valence-corrected chi connectivity index (χ2v) is 8.16. The number of esters is 1. The van der Waals surface area contributed by atoms with Gasteiger partial charge in [-0.05, 0) is 32.6 Å². The molecule has 2 atom stereocenters. The lowest BCUT2D eigenvalue weighted by Gasteiger charge is -2.22. The summed E-state index contributed by atoms with van der Waals surface area (Å²) >= 11 is 0. The molecule has 1 aliphatic rings. The van der Waals surface area contributed by atoms with Crippen molar-refractivity contribution >= 4 is 13.5 Å². The SMILES string of the molecule is C[C@H](N[P@@](C)(=O)Oc1c(F)c(F)c(F)c(F)c1F)C(=O)OC1CCCC1. The minimum atomic E-state index is -4.16. The fourth-order valence-electron chi connectivity index (χ4n) is 2.54. The summed E-state index contributed by atoms with van der Waals surface area (Å²) in [5.41, 5.74) is 0. The van der Waals surface area contributed by atoms with Crippen molar-refractivity contribution in [3.63, 3.8) is 0 Å². The number of ether oxygens (including phenoxy) is 1. The summed E-state index contributed by atoms with van der Waals surface area (Å²) in [4.78, 5) is 11.9.